The average Bonchev–Trinajstić information content (AvgIpc) is 2.28. The first kappa shape index (κ1) is 8.26. The first-order chi connectivity index (χ1) is 5.68. The van der Waals surface area contributed by atoms with E-state index in [1.807, 2.05) is 12.1 Å². The summed E-state index contributed by atoms with van der Waals surface area (Å²) in [6.07, 6.45) is 0. The van der Waals surface area contributed by atoms with Crippen molar-refractivity contribution < 1.29 is 9.53 Å². The van der Waals surface area contributed by atoms with Gasteiger partial charge in [-0.15, -0.1) is 0 Å². The van der Waals surface area contributed by atoms with E-state index in [1.54, 1.807) is 6.07 Å². The van der Waals surface area contributed by atoms with E-state index in [2.05, 4.69) is 31.9 Å². The lowest BCUT2D eigenvalue weighted by Crippen LogP contribution is -1.92. The van der Waals surface area contributed by atoms with Gasteiger partial charge in [0.25, 0.3) is 0 Å². The second-order valence-corrected chi connectivity index (χ2v) is 4.20. The fraction of sp³-hybridized carbons (Fsp3) is 0.125. The van der Waals surface area contributed by atoms with Crippen LogP contribution in [0.15, 0.2) is 22.7 Å². The molecule has 0 aromatic heterocycles. The molecule has 62 valence electrons. The second-order valence-electron chi connectivity index (χ2n) is 2.45. The van der Waals surface area contributed by atoms with Crippen molar-refractivity contribution in [2.24, 2.45) is 0 Å². The van der Waals surface area contributed by atoms with E-state index >= 15 is 0 Å². The van der Waals surface area contributed by atoms with E-state index in [4.69, 9.17) is 4.74 Å². The first-order valence-electron chi connectivity index (χ1n) is 3.33. The molecule has 0 bridgehead atoms. The minimum Gasteiger partial charge on any atom is -0.442 e. The molecule has 12 heavy (non-hydrogen) atoms. The van der Waals surface area contributed by atoms with Crippen LogP contribution in [0.5, 0.6) is 0 Å². The zero-order valence-electron chi connectivity index (χ0n) is 5.88. The third kappa shape index (κ3) is 1.19. The van der Waals surface area contributed by atoms with Crippen LogP contribution in [0.3, 0.4) is 0 Å². The highest BCUT2D eigenvalue weighted by Gasteiger charge is 2.28. The number of hydrogen-bond donors (Lipinski definition) is 0. The number of benzene rings is 1. The van der Waals surface area contributed by atoms with Crippen molar-refractivity contribution in [3.05, 3.63) is 33.8 Å². The van der Waals surface area contributed by atoms with E-state index < -0.39 is 0 Å². The van der Waals surface area contributed by atoms with Gasteiger partial charge in [-0.1, -0.05) is 15.9 Å². The summed E-state index contributed by atoms with van der Waals surface area (Å²) in [6, 6.07) is 5.45. The van der Waals surface area contributed by atoms with Crippen molar-refractivity contribution in [3.8, 4) is 0 Å². The van der Waals surface area contributed by atoms with Gasteiger partial charge in [-0.3, -0.25) is 0 Å². The Kier molecular flexibility index (Phi) is 1.96. The van der Waals surface area contributed by atoms with Crippen LogP contribution in [0.4, 0.5) is 0 Å². The molecule has 1 heterocycles. The summed E-state index contributed by atoms with van der Waals surface area (Å²) in [7, 11) is 0. The van der Waals surface area contributed by atoms with Crippen LogP contribution in [-0.4, -0.2) is 5.97 Å². The van der Waals surface area contributed by atoms with E-state index in [1.165, 1.54) is 0 Å². The number of alkyl halides is 1. The lowest BCUT2D eigenvalue weighted by atomic mass is 10.1. The van der Waals surface area contributed by atoms with Crippen molar-refractivity contribution in [1.29, 1.82) is 0 Å². The SMILES string of the molecule is O=C1O[C@H](Br)c2cc(Br)ccc21. The largest absolute Gasteiger partial charge is 0.442 e. The molecule has 0 radical (unpaired) electrons. The Morgan fingerprint density at radius 2 is 2.17 bits per heavy atom. The van der Waals surface area contributed by atoms with Gasteiger partial charge in [0.05, 0.1) is 5.56 Å². The van der Waals surface area contributed by atoms with Gasteiger partial charge < -0.3 is 4.74 Å². The van der Waals surface area contributed by atoms with Crippen molar-refractivity contribution in [2.45, 2.75) is 5.01 Å². The number of cyclic esters (lactones) is 1. The van der Waals surface area contributed by atoms with Crippen LogP contribution < -0.4 is 0 Å². The molecule has 4 heteroatoms. The summed E-state index contributed by atoms with van der Waals surface area (Å²) in [5.41, 5.74) is 1.52. The van der Waals surface area contributed by atoms with E-state index in [-0.39, 0.29) is 11.0 Å². The Bertz CT molecular complexity index is 349. The zero-order chi connectivity index (χ0) is 8.72. The molecule has 1 aliphatic heterocycles. The van der Waals surface area contributed by atoms with Crippen LogP contribution in [0.25, 0.3) is 0 Å². The number of halogens is 2. The predicted molar refractivity (Wildman–Crippen MR) is 51.2 cm³/mol. The molecule has 0 aliphatic carbocycles. The summed E-state index contributed by atoms with van der Waals surface area (Å²) >= 11 is 6.57. The fourth-order valence-electron chi connectivity index (χ4n) is 1.13. The van der Waals surface area contributed by atoms with Gasteiger partial charge in [0, 0.05) is 10.0 Å². The molecule has 1 aromatic carbocycles. The summed E-state index contributed by atoms with van der Waals surface area (Å²) in [5.74, 6) is -0.264. The van der Waals surface area contributed by atoms with Crippen molar-refractivity contribution in [2.75, 3.05) is 0 Å². The van der Waals surface area contributed by atoms with E-state index in [0.717, 1.165) is 10.0 Å². The molecule has 0 spiro atoms. The maximum Gasteiger partial charge on any atom is 0.340 e. The Labute approximate surface area is 86.2 Å². The van der Waals surface area contributed by atoms with Crippen LogP contribution in [-0.2, 0) is 4.74 Å². The smallest absolute Gasteiger partial charge is 0.340 e. The molecule has 1 atom stereocenters. The predicted octanol–water partition coefficient (Wildman–Crippen LogP) is 3.01. The van der Waals surface area contributed by atoms with Gasteiger partial charge >= 0.3 is 5.97 Å². The third-order valence-electron chi connectivity index (χ3n) is 1.69. The normalized spacial score (nSPS) is 20.5. The lowest BCUT2D eigenvalue weighted by Gasteiger charge is -1.99. The second kappa shape index (κ2) is 2.85. The quantitative estimate of drug-likeness (QED) is 0.542. The van der Waals surface area contributed by atoms with Gasteiger partial charge in [0.1, 0.15) is 0 Å². The first-order valence-corrected chi connectivity index (χ1v) is 5.04. The number of rotatable bonds is 0. The minimum atomic E-state index is -0.294. The zero-order valence-corrected chi connectivity index (χ0v) is 9.05. The van der Waals surface area contributed by atoms with Crippen molar-refractivity contribution >= 4 is 37.8 Å². The molecule has 1 aromatic rings. The van der Waals surface area contributed by atoms with Gasteiger partial charge in [0.15, 0.2) is 5.01 Å². The Hall–Kier alpha value is -0.350. The Balaban J connectivity index is 2.60. The number of hydrogen-bond acceptors (Lipinski definition) is 2. The number of ether oxygens (including phenoxy) is 1. The molecule has 2 nitrogen and oxygen atoms in total. The van der Waals surface area contributed by atoms with Gasteiger partial charge in [-0.25, -0.2) is 4.79 Å². The maximum absolute atomic E-state index is 11.1. The molecule has 2 rings (SSSR count). The molecular weight excluding hydrogens is 288 g/mol. The van der Waals surface area contributed by atoms with Gasteiger partial charge in [-0.05, 0) is 34.1 Å². The standard InChI is InChI=1S/C8H4Br2O2/c9-4-1-2-5-6(3-4)7(10)12-8(5)11/h1-3,7H/t7-/m0/s1. The number of esters is 1. The average molecular weight is 292 g/mol. The third-order valence-corrected chi connectivity index (χ3v) is 2.86. The molecule has 0 fully saturated rings. The van der Waals surface area contributed by atoms with Crippen LogP contribution >= 0.6 is 31.9 Å². The summed E-state index contributed by atoms with van der Waals surface area (Å²) < 4.78 is 5.89. The molecular formula is C8H4Br2O2. The molecule has 1 aliphatic rings. The number of fused-ring (bicyclic) bond motifs is 1. The van der Waals surface area contributed by atoms with Crippen LogP contribution in [0.1, 0.15) is 20.9 Å². The van der Waals surface area contributed by atoms with Crippen molar-refractivity contribution in [1.82, 2.24) is 0 Å². The highest BCUT2D eigenvalue weighted by Crippen LogP contribution is 2.36. The van der Waals surface area contributed by atoms with Crippen LogP contribution in [0, 0.1) is 0 Å². The Morgan fingerprint density at radius 3 is 2.92 bits per heavy atom. The fourth-order valence-corrected chi connectivity index (χ4v) is 2.06. The number of carbonyl (C=O) groups is 1. The number of carbonyl (C=O) groups excluding carboxylic acids is 1. The monoisotopic (exact) mass is 290 g/mol. The highest BCUT2D eigenvalue weighted by atomic mass is 79.9. The summed E-state index contributed by atoms with van der Waals surface area (Å²) in [6.45, 7) is 0. The molecule has 0 amide bonds. The Morgan fingerprint density at radius 1 is 1.42 bits per heavy atom. The molecule has 0 saturated heterocycles. The molecule has 0 unspecified atom stereocenters. The minimum absolute atomic E-state index is 0.264. The van der Waals surface area contributed by atoms with Gasteiger partial charge in [0.2, 0.25) is 0 Å². The molecule has 0 saturated carbocycles. The van der Waals surface area contributed by atoms with Crippen molar-refractivity contribution in [3.63, 3.8) is 0 Å². The maximum atomic E-state index is 11.1. The summed E-state index contributed by atoms with van der Waals surface area (Å²) in [4.78, 5) is 11.1. The van der Waals surface area contributed by atoms with Gasteiger partial charge in [-0.2, -0.15) is 0 Å². The van der Waals surface area contributed by atoms with Crippen LogP contribution in [0.2, 0.25) is 0 Å². The topological polar surface area (TPSA) is 26.3 Å². The summed E-state index contributed by atoms with van der Waals surface area (Å²) in [5, 5.41) is -0.294. The van der Waals surface area contributed by atoms with E-state index in [9.17, 15) is 4.79 Å². The van der Waals surface area contributed by atoms with E-state index in [0.29, 0.717) is 5.56 Å². The highest BCUT2D eigenvalue weighted by molar-refractivity contribution is 9.10. The molecule has 0 N–H and O–H groups in total. The lowest BCUT2D eigenvalue weighted by molar-refractivity contribution is 0.0530.